The zero-order chi connectivity index (χ0) is 66.4. The molecule has 2 N–H and O–H groups in total. The van der Waals surface area contributed by atoms with Crippen LogP contribution in [-0.4, -0.2) is 182 Å². The van der Waals surface area contributed by atoms with Crippen LogP contribution in [0.2, 0.25) is 0 Å². The van der Waals surface area contributed by atoms with Crippen molar-refractivity contribution in [1.29, 1.82) is 0 Å². The van der Waals surface area contributed by atoms with E-state index >= 15 is 0 Å². The second kappa shape index (κ2) is 32.5. The van der Waals surface area contributed by atoms with Crippen LogP contribution in [0.5, 0.6) is 0 Å². The maximum atomic E-state index is 12.0. The largest absolute Gasteiger partial charge is 1.00 e. The van der Waals surface area contributed by atoms with Crippen molar-refractivity contribution < 1.29 is 72.3 Å². The SMILES string of the molecule is CC1=[N+](CCC[N+](C)(C)C)c2ccc(C)cc2C1(C)C.Cc1ccc2c(c1)C(C)(C)C(=CC=C1CCCC(C=CC3=[N+](CCC[N+](C)(C)C)c4ccc(S(=O)(=O)[O-])cc4C3(C)C)=C1Cl)N2CCC[N+](C)(C)C.ClC1=C(C=[NH+][Pb])CCCC1=CNc1ccccc1.[Br-].[Br-]. The summed E-state index contributed by atoms with van der Waals surface area (Å²) in [5.74, 6) is 0. The van der Waals surface area contributed by atoms with Crippen molar-refractivity contribution in [1.82, 2.24) is 0 Å². The summed E-state index contributed by atoms with van der Waals surface area (Å²) in [6.07, 6.45) is 22.3. The molecule has 0 amide bonds. The number of nitrogens with zero attached hydrogens (tertiary/aromatic N) is 6. The second-order valence-electron chi connectivity index (χ2n) is 30.0. The van der Waals surface area contributed by atoms with E-state index in [1.807, 2.05) is 42.7 Å². The molecule has 499 valence electrons. The Hall–Kier alpha value is -3.82. The van der Waals surface area contributed by atoms with Crippen molar-refractivity contribution in [3.05, 3.63) is 181 Å². The number of nitrogens with one attached hydrogen (secondary N) is 2. The Balaban J connectivity index is 0.000000312. The van der Waals surface area contributed by atoms with Gasteiger partial charge < -0.3 is 56.9 Å². The Morgan fingerprint density at radius 3 is 1.74 bits per heavy atom. The zero-order valence-electron chi connectivity index (χ0n) is 58.5. The van der Waals surface area contributed by atoms with Gasteiger partial charge in [-0.2, -0.15) is 9.15 Å². The van der Waals surface area contributed by atoms with Gasteiger partial charge in [0.15, 0.2) is 24.5 Å². The summed E-state index contributed by atoms with van der Waals surface area (Å²) in [5, 5.41) is 5.01. The number of quaternary nitrogens is 3. The van der Waals surface area contributed by atoms with Gasteiger partial charge in [0.2, 0.25) is 11.4 Å². The van der Waals surface area contributed by atoms with Crippen molar-refractivity contribution in [2.75, 3.05) is 113 Å². The van der Waals surface area contributed by atoms with Gasteiger partial charge in [0.05, 0.1) is 112 Å². The molecule has 0 spiro atoms. The molecule has 0 saturated heterocycles. The van der Waals surface area contributed by atoms with E-state index in [9.17, 15) is 13.0 Å². The van der Waals surface area contributed by atoms with E-state index in [2.05, 4.69) is 209 Å². The molecule has 4 aromatic carbocycles. The third-order valence-electron chi connectivity index (χ3n) is 18.5. The van der Waals surface area contributed by atoms with Gasteiger partial charge in [-0.1, -0.05) is 66.9 Å². The molecule has 92 heavy (non-hydrogen) atoms. The molecule has 4 aromatic rings. The first-order chi connectivity index (χ1) is 41.9. The minimum absolute atomic E-state index is 0. The average Bonchev–Trinajstić information content (AvgIpc) is 1.61. The van der Waals surface area contributed by atoms with Gasteiger partial charge in [-0.3, -0.25) is 0 Å². The number of halogens is 4. The molecule has 0 atom stereocenters. The van der Waals surface area contributed by atoms with E-state index in [0.717, 1.165) is 167 Å². The average molecular weight is 1640 g/mol. The van der Waals surface area contributed by atoms with Gasteiger partial charge in [-0.15, -0.1) is 0 Å². The Bertz CT molecular complexity index is 3710. The standard InChI is InChI=1S/C43H61ClN4O3S.C18H30N2.C14H15ClN2.2BrH.Pb/c1-31-17-21-37-35(29-31)42(2,3)39(45(37)25-13-27-47(6,7)8)23-18-32-15-12-16-33(41(32)44)19-24-40-43(4,5)36-30-34(52(49,50)51)20-22-38(36)46(40)26-14-28-48(9,10)11;1-14-9-10-17-16(13-14)18(3,4)15(2)19(17)11-8-12-20(5,6)7;15-14-11(9-16)5-4-6-12(14)10-17-13-7-2-1-3-8-13;;;/h17-24,29-30H,12-16,25-28H2,1-11H3;9-10,13H,8,11-12H2,1-7H3;1-3,7-10,16-17H,4-6H2;2*1H;/q2*+2;;;;+1/p-2. The first-order valence-corrected chi connectivity index (χ1v) is 36.5. The second-order valence-corrected chi connectivity index (χ2v) is 33.3. The molecular weight excluding hydrogens is 1530 g/mol. The number of anilines is 2. The number of rotatable bonds is 19. The quantitative estimate of drug-likeness (QED) is 0.0331. The van der Waals surface area contributed by atoms with Crippen LogP contribution in [-0.2, 0) is 26.4 Å². The Labute approximate surface area is 602 Å². The number of para-hydroxylation sites is 1. The minimum atomic E-state index is -4.58. The predicted octanol–water partition coefficient (Wildman–Crippen LogP) is 7.70. The third kappa shape index (κ3) is 20.1. The van der Waals surface area contributed by atoms with Crippen LogP contribution in [0.15, 0.2) is 158 Å². The summed E-state index contributed by atoms with van der Waals surface area (Å²) < 4.78 is 46.9. The van der Waals surface area contributed by atoms with Crippen LogP contribution in [0.1, 0.15) is 134 Å². The molecule has 9 rings (SSSR count). The normalized spacial score (nSPS) is 19.1. The summed E-state index contributed by atoms with van der Waals surface area (Å²) in [4.78, 5) is 2.34. The number of benzene rings is 4. The molecule has 0 bridgehead atoms. The molecular formula is C75H106Br2Cl2N8O3PbS+3. The monoisotopic (exact) mass is 1630 g/mol. The maximum Gasteiger partial charge on any atom is -1.00 e. The van der Waals surface area contributed by atoms with Crippen LogP contribution in [0.25, 0.3) is 0 Å². The summed E-state index contributed by atoms with van der Waals surface area (Å²) in [5.41, 5.74) is 19.2. The van der Waals surface area contributed by atoms with Gasteiger partial charge in [-0.05, 0) is 108 Å². The molecule has 17 heteroatoms. The maximum absolute atomic E-state index is 12.0. The number of hydrogen-bond donors (Lipinski definition) is 2. The van der Waals surface area contributed by atoms with E-state index < -0.39 is 15.5 Å². The van der Waals surface area contributed by atoms with Gasteiger partial charge >= 0.3 is 130 Å². The summed E-state index contributed by atoms with van der Waals surface area (Å²) >= 11 is 14.6. The number of hydrogen-bond acceptors (Lipinski definition) is 5. The van der Waals surface area contributed by atoms with Gasteiger partial charge in [0.25, 0.3) is 0 Å². The first-order valence-electron chi connectivity index (χ1n) is 32.4. The van der Waals surface area contributed by atoms with E-state index in [1.165, 1.54) is 75.2 Å². The molecule has 3 aliphatic heterocycles. The summed E-state index contributed by atoms with van der Waals surface area (Å²) in [6.45, 7) is 26.4. The van der Waals surface area contributed by atoms with Crippen molar-refractivity contribution >= 4 is 99.8 Å². The molecule has 3 radical (unpaired) electrons. The fourth-order valence-electron chi connectivity index (χ4n) is 13.1. The fourth-order valence-corrected chi connectivity index (χ4v) is 14.9. The van der Waals surface area contributed by atoms with Crippen LogP contribution in [0.4, 0.5) is 22.7 Å². The molecule has 5 aliphatic rings. The Morgan fingerprint density at radius 1 is 0.620 bits per heavy atom. The van der Waals surface area contributed by atoms with Crippen LogP contribution >= 0.6 is 23.2 Å². The fraction of sp³-hybridized carbons (Fsp3) is 0.480. The molecule has 2 aliphatic carbocycles. The Morgan fingerprint density at radius 2 is 1.14 bits per heavy atom. The van der Waals surface area contributed by atoms with Crippen molar-refractivity contribution in [3.63, 3.8) is 0 Å². The van der Waals surface area contributed by atoms with Gasteiger partial charge in [-0.25, -0.2) is 8.42 Å². The van der Waals surface area contributed by atoms with E-state index in [0.29, 0.717) is 0 Å². The summed E-state index contributed by atoms with van der Waals surface area (Å²) in [7, 11) is 15.5. The van der Waals surface area contributed by atoms with Crippen LogP contribution in [0, 0.1) is 13.8 Å². The topological polar surface area (TPSA) is 92.5 Å². The van der Waals surface area contributed by atoms with Crippen molar-refractivity contribution in [2.45, 2.75) is 141 Å². The predicted molar refractivity (Wildman–Crippen MR) is 381 cm³/mol. The van der Waals surface area contributed by atoms with Crippen molar-refractivity contribution in [3.8, 4) is 0 Å². The summed E-state index contributed by atoms with van der Waals surface area (Å²) in [6, 6.07) is 28.7. The molecule has 0 fully saturated rings. The molecule has 0 saturated carbocycles. The third-order valence-corrected chi connectivity index (χ3v) is 20.9. The van der Waals surface area contributed by atoms with E-state index in [4.69, 9.17) is 23.2 Å². The number of aryl methyl sites for hydroxylation is 2. The van der Waals surface area contributed by atoms with E-state index in [1.54, 1.807) is 12.1 Å². The zero-order valence-corrected chi connectivity index (χ0v) is 67.9. The molecule has 0 unspecified atom stereocenters. The number of allylic oxidation sites excluding steroid dienone is 11. The molecule has 3 heterocycles. The number of fused-ring (bicyclic) bond motifs is 3. The molecule has 0 aromatic heterocycles. The van der Waals surface area contributed by atoms with Gasteiger partial charge in [0, 0.05) is 71.1 Å². The van der Waals surface area contributed by atoms with E-state index in [-0.39, 0.29) is 49.7 Å². The van der Waals surface area contributed by atoms with Gasteiger partial charge in [0.1, 0.15) is 10.1 Å². The minimum Gasteiger partial charge on any atom is -1.00 e. The Kier molecular flexibility index (Phi) is 27.9. The smallest absolute Gasteiger partial charge is 1.00 e. The first kappa shape index (κ1) is 78.9. The van der Waals surface area contributed by atoms with Crippen LogP contribution in [0.3, 0.4) is 0 Å². The van der Waals surface area contributed by atoms with Crippen molar-refractivity contribution in [2.24, 2.45) is 0 Å². The van der Waals surface area contributed by atoms with Crippen LogP contribution < -0.4 is 47.0 Å². The molecule has 11 nitrogen and oxygen atoms in total.